The Balaban J connectivity index is 2.61. The molecule has 0 atom stereocenters. The zero-order chi connectivity index (χ0) is 27.6. The van der Waals surface area contributed by atoms with E-state index in [1.807, 2.05) is 10.6 Å². The molecule has 0 saturated heterocycles. The van der Waals surface area contributed by atoms with Crippen molar-refractivity contribution in [3.63, 3.8) is 0 Å². The second-order valence-electron chi connectivity index (χ2n) is 7.18. The molecule has 0 amide bonds. The number of nitrogens with one attached hydrogen (secondary N) is 2. The predicted octanol–water partition coefficient (Wildman–Crippen LogP) is 4.87. The molecule has 0 unspecified atom stereocenters. The number of carbonyl (C=O) groups is 1. The van der Waals surface area contributed by atoms with Crippen LogP contribution in [0.4, 0.5) is 26.3 Å². The summed E-state index contributed by atoms with van der Waals surface area (Å²) in [7, 11) is 0. The lowest BCUT2D eigenvalue weighted by atomic mass is 9.98. The fourth-order valence-corrected chi connectivity index (χ4v) is 2.81. The molecule has 2 aromatic carbocycles. The molecule has 2 N–H and O–H groups in total. The lowest BCUT2D eigenvalue weighted by molar-refractivity contribution is -0.122. The summed E-state index contributed by atoms with van der Waals surface area (Å²) in [5.41, 5.74) is 1.07. The lowest BCUT2D eigenvalue weighted by Gasteiger charge is -2.11. The molecule has 7 nitrogen and oxygen atoms in total. The smallest absolute Gasteiger partial charge is 0.354 e. The van der Waals surface area contributed by atoms with Crippen LogP contribution in [0.25, 0.3) is 0 Å². The average Bonchev–Trinajstić information content (AvgIpc) is 2.83. The Morgan fingerprint density at radius 3 is 1.43 bits per heavy atom. The van der Waals surface area contributed by atoms with Gasteiger partial charge in [0.05, 0.1) is 0 Å². The molecule has 0 heterocycles. The van der Waals surface area contributed by atoms with E-state index in [9.17, 15) is 31.1 Å². The maximum Gasteiger partial charge on any atom is 0.405 e. The number of amidine groups is 2. The van der Waals surface area contributed by atoms with Gasteiger partial charge in [0.25, 0.3) is 0 Å². The molecular formula is C22H20F6N6OS2. The van der Waals surface area contributed by atoms with E-state index in [-0.39, 0.29) is 17.2 Å². The van der Waals surface area contributed by atoms with Crippen molar-refractivity contribution in [1.82, 2.24) is 10.6 Å². The van der Waals surface area contributed by atoms with Gasteiger partial charge in [-0.3, -0.25) is 4.79 Å². The number of benzene rings is 2. The second kappa shape index (κ2) is 13.3. The maximum absolute atomic E-state index is 12.5. The minimum absolute atomic E-state index is 0.00256. The van der Waals surface area contributed by atoms with Gasteiger partial charge < -0.3 is 10.6 Å². The highest BCUT2D eigenvalue weighted by atomic mass is 32.1. The molecule has 0 spiro atoms. The second-order valence-corrected chi connectivity index (χ2v) is 8.03. The van der Waals surface area contributed by atoms with E-state index >= 15 is 0 Å². The van der Waals surface area contributed by atoms with E-state index in [1.54, 1.807) is 30.3 Å². The number of nitrogens with zero attached hydrogens (tertiary/aromatic N) is 4. The van der Waals surface area contributed by atoms with Crippen molar-refractivity contribution >= 4 is 52.8 Å². The maximum atomic E-state index is 12.5. The number of halogens is 6. The van der Waals surface area contributed by atoms with Crippen molar-refractivity contribution in [2.45, 2.75) is 19.3 Å². The van der Waals surface area contributed by atoms with Crippen LogP contribution in [-0.4, -0.2) is 53.0 Å². The molecule has 198 valence electrons. The van der Waals surface area contributed by atoms with Crippen molar-refractivity contribution in [2.24, 2.45) is 20.4 Å². The minimum atomic E-state index is -4.53. The van der Waals surface area contributed by atoms with Gasteiger partial charge in [0.2, 0.25) is 0 Å². The summed E-state index contributed by atoms with van der Waals surface area (Å²) in [6, 6.07) is 14.2. The largest absolute Gasteiger partial charge is 0.405 e. The van der Waals surface area contributed by atoms with E-state index in [2.05, 4.69) is 45.7 Å². The third-order valence-electron chi connectivity index (χ3n) is 4.22. The molecule has 0 saturated carbocycles. The summed E-state index contributed by atoms with van der Waals surface area (Å²) in [6.45, 7) is -1.45. The lowest BCUT2D eigenvalue weighted by Crippen LogP contribution is -2.31. The first kappa shape index (κ1) is 29.9. The Hall–Kier alpha value is -3.33. The van der Waals surface area contributed by atoms with Crippen LogP contribution < -0.4 is 10.6 Å². The SMILES string of the molecule is CC(=O)c1ccc(C(=N\N=C(/S)NCC(F)(F)F)/C(=N/N=C(\S)NCC(F)(F)F)c2ccccc2)cc1. The van der Waals surface area contributed by atoms with Gasteiger partial charge in [-0.25, -0.2) is 0 Å². The van der Waals surface area contributed by atoms with E-state index in [0.29, 0.717) is 16.7 Å². The van der Waals surface area contributed by atoms with E-state index < -0.39 is 35.8 Å². The summed E-state index contributed by atoms with van der Waals surface area (Å²) in [5, 5.41) is 18.4. The Morgan fingerprint density at radius 1 is 0.676 bits per heavy atom. The van der Waals surface area contributed by atoms with Gasteiger partial charge >= 0.3 is 12.4 Å². The zero-order valence-electron chi connectivity index (χ0n) is 19.0. The van der Waals surface area contributed by atoms with Crippen molar-refractivity contribution in [3.05, 3.63) is 71.3 Å². The Kier molecular flexibility index (Phi) is 10.7. The molecule has 0 aliphatic heterocycles. The van der Waals surface area contributed by atoms with Gasteiger partial charge in [0.1, 0.15) is 24.5 Å². The molecule has 2 rings (SSSR count). The van der Waals surface area contributed by atoms with Gasteiger partial charge in [-0.1, -0.05) is 54.6 Å². The van der Waals surface area contributed by atoms with Crippen LogP contribution in [0.15, 0.2) is 75.0 Å². The minimum Gasteiger partial charge on any atom is -0.354 e. The number of Topliss-reactive ketones (excluding diaryl/α,β-unsaturated/α-hetero) is 1. The number of ketones is 1. The first-order chi connectivity index (χ1) is 17.2. The van der Waals surface area contributed by atoms with Gasteiger partial charge in [0, 0.05) is 16.7 Å². The van der Waals surface area contributed by atoms with Crippen LogP contribution in [-0.2, 0) is 0 Å². The fourth-order valence-electron chi connectivity index (χ4n) is 2.57. The summed E-state index contributed by atoms with van der Waals surface area (Å²) < 4.78 is 75.0. The van der Waals surface area contributed by atoms with E-state index in [1.165, 1.54) is 31.2 Å². The van der Waals surface area contributed by atoms with Gasteiger partial charge in [-0.05, 0) is 6.92 Å². The van der Waals surface area contributed by atoms with Gasteiger partial charge in [0.15, 0.2) is 16.1 Å². The molecule has 0 aromatic heterocycles. The topological polar surface area (TPSA) is 90.6 Å². The number of alkyl halides is 6. The third kappa shape index (κ3) is 11.1. The number of hydrogen-bond acceptors (Lipinski definition) is 5. The quantitative estimate of drug-likeness (QED) is 0.0924. The van der Waals surface area contributed by atoms with Crippen LogP contribution in [0.1, 0.15) is 28.4 Å². The molecular weight excluding hydrogens is 542 g/mol. The van der Waals surface area contributed by atoms with E-state index in [0.717, 1.165) is 0 Å². The standard InChI is InChI=1S/C22H20F6N6OS2/c1-13(35)14-7-9-16(10-8-14)18(32-34-20(37)30-12-22(26,27)28)17(15-5-3-2-4-6-15)31-33-19(36)29-11-21(23,24)25/h2-10H,11-12H2,1H3,(H2,29,33,36)(H2,30,34,37)/b31-17+,32-18+. The van der Waals surface area contributed by atoms with Crippen LogP contribution in [0.2, 0.25) is 0 Å². The summed E-state index contributed by atoms with van der Waals surface area (Å²) >= 11 is 7.72. The molecule has 0 radical (unpaired) electrons. The monoisotopic (exact) mass is 562 g/mol. The van der Waals surface area contributed by atoms with Crippen molar-refractivity contribution in [1.29, 1.82) is 0 Å². The first-order valence-electron chi connectivity index (χ1n) is 10.2. The Morgan fingerprint density at radius 2 is 1.05 bits per heavy atom. The summed E-state index contributed by atoms with van der Waals surface area (Å²) in [6.07, 6.45) is -9.06. The Labute approximate surface area is 218 Å². The van der Waals surface area contributed by atoms with Crippen LogP contribution in [0.3, 0.4) is 0 Å². The van der Waals surface area contributed by atoms with Crippen molar-refractivity contribution in [3.8, 4) is 0 Å². The molecule has 0 aliphatic carbocycles. The zero-order valence-corrected chi connectivity index (χ0v) is 20.8. The number of hydrogen-bond donors (Lipinski definition) is 4. The number of rotatable bonds is 8. The van der Waals surface area contributed by atoms with Crippen LogP contribution >= 0.6 is 25.3 Å². The predicted molar refractivity (Wildman–Crippen MR) is 137 cm³/mol. The highest BCUT2D eigenvalue weighted by Crippen LogP contribution is 2.15. The highest BCUT2D eigenvalue weighted by Gasteiger charge is 2.27. The number of thiol groups is 2. The summed E-state index contributed by atoms with van der Waals surface area (Å²) in [5.74, 6) is -0.214. The molecule has 0 bridgehead atoms. The van der Waals surface area contributed by atoms with E-state index in [4.69, 9.17) is 0 Å². The number of carbonyl (C=O) groups excluding carboxylic acids is 1. The molecule has 0 aliphatic rings. The summed E-state index contributed by atoms with van der Waals surface area (Å²) in [4.78, 5) is 11.7. The van der Waals surface area contributed by atoms with Crippen molar-refractivity contribution in [2.75, 3.05) is 13.1 Å². The van der Waals surface area contributed by atoms with Crippen molar-refractivity contribution < 1.29 is 31.1 Å². The first-order valence-corrected chi connectivity index (χ1v) is 11.1. The van der Waals surface area contributed by atoms with Crippen LogP contribution in [0.5, 0.6) is 0 Å². The Bertz CT molecular complexity index is 1190. The van der Waals surface area contributed by atoms with Gasteiger partial charge in [-0.2, -0.15) is 26.3 Å². The normalized spacial score (nSPS) is 14.0. The fraction of sp³-hybridized carbons (Fsp3) is 0.227. The average molecular weight is 563 g/mol. The molecule has 2 aromatic rings. The van der Waals surface area contributed by atoms with Gasteiger partial charge in [-0.15, -0.1) is 45.7 Å². The molecule has 0 fully saturated rings. The van der Waals surface area contributed by atoms with Crippen LogP contribution in [0, 0.1) is 0 Å². The molecule has 37 heavy (non-hydrogen) atoms. The third-order valence-corrected chi connectivity index (χ3v) is 4.71. The highest BCUT2D eigenvalue weighted by molar-refractivity contribution is 7.97. The molecule has 15 heteroatoms.